The molecule has 0 bridgehead atoms. The van der Waals surface area contributed by atoms with Gasteiger partial charge in [0.15, 0.2) is 0 Å². The Hall–Kier alpha value is -3.13. The Morgan fingerprint density at radius 3 is 2.53 bits per heavy atom. The molecule has 4 rings (SSSR count). The molecule has 2 aromatic rings. The maximum absolute atomic E-state index is 4.36. The van der Waals surface area contributed by atoms with Crippen molar-refractivity contribution in [3.8, 4) is 0 Å². The summed E-state index contributed by atoms with van der Waals surface area (Å²) >= 11 is 0. The molecule has 3 heteroatoms. The summed E-state index contributed by atoms with van der Waals surface area (Å²) in [7, 11) is 0. The normalized spacial score (nSPS) is 18.1. The minimum atomic E-state index is 0.0259. The second-order valence-corrected chi connectivity index (χ2v) is 9.57. The van der Waals surface area contributed by atoms with Gasteiger partial charge in [-0.1, -0.05) is 91.6 Å². The van der Waals surface area contributed by atoms with Crippen molar-refractivity contribution >= 4 is 17.2 Å². The van der Waals surface area contributed by atoms with E-state index in [1.807, 2.05) is 12.1 Å². The van der Waals surface area contributed by atoms with Crippen LogP contribution in [0.5, 0.6) is 0 Å². The fraction of sp³-hybridized carbons (Fsp3) is 0.355. The van der Waals surface area contributed by atoms with Crippen molar-refractivity contribution < 1.29 is 0 Å². The molecular weight excluding hydrogens is 414 g/mol. The van der Waals surface area contributed by atoms with Gasteiger partial charge >= 0.3 is 0 Å². The first-order chi connectivity index (χ1) is 16.7. The smallest absolute Gasteiger partial charge is 0.0960 e. The fourth-order valence-corrected chi connectivity index (χ4v) is 5.19. The number of aliphatic imine (C=N–C) groups is 1. The number of nitrogens with one attached hydrogen (secondary N) is 2. The van der Waals surface area contributed by atoms with Crippen LogP contribution in [0.4, 0.5) is 11.4 Å². The molecule has 2 aliphatic carbocycles. The van der Waals surface area contributed by atoms with E-state index >= 15 is 0 Å². The van der Waals surface area contributed by atoms with Gasteiger partial charge in [0.1, 0.15) is 0 Å². The zero-order chi connectivity index (χ0) is 23.6. The van der Waals surface area contributed by atoms with Crippen molar-refractivity contribution in [2.75, 3.05) is 18.4 Å². The van der Waals surface area contributed by atoms with Crippen LogP contribution in [0.25, 0.3) is 0 Å². The number of allylic oxidation sites excluding steroid dienone is 5. The Labute approximate surface area is 205 Å². The molecule has 0 saturated heterocycles. The van der Waals surface area contributed by atoms with Gasteiger partial charge in [-0.15, -0.1) is 0 Å². The second-order valence-electron chi connectivity index (χ2n) is 9.57. The van der Waals surface area contributed by atoms with Gasteiger partial charge in [-0.3, -0.25) is 0 Å². The van der Waals surface area contributed by atoms with Crippen LogP contribution in [-0.2, 0) is 0 Å². The summed E-state index contributed by atoms with van der Waals surface area (Å²) in [5.74, 6) is 3.03. The standard InChI is InChI=1S/C31H37N3/c1-3-33-29-17-8-9-18-30(29)34-31(21-10-5-11-22-31)24-32-23-28(26-14-6-4-7-15-26)27-16-12-13-25(2)19-20-27/h4,6-9,13-20,28,32,34H,1,5,10-12,21-24H2,2H3. The first kappa shape index (κ1) is 24.0. The molecule has 1 unspecified atom stereocenters. The molecule has 34 heavy (non-hydrogen) atoms. The van der Waals surface area contributed by atoms with Crippen LogP contribution in [0.15, 0.2) is 102 Å². The number of benzene rings is 2. The second kappa shape index (κ2) is 11.8. The lowest BCUT2D eigenvalue weighted by Crippen LogP contribution is -2.49. The highest BCUT2D eigenvalue weighted by molar-refractivity contribution is 5.70. The van der Waals surface area contributed by atoms with E-state index in [-0.39, 0.29) is 5.54 Å². The van der Waals surface area contributed by atoms with E-state index < -0.39 is 0 Å². The number of anilines is 1. The van der Waals surface area contributed by atoms with Gasteiger partial charge in [0.05, 0.1) is 11.4 Å². The summed E-state index contributed by atoms with van der Waals surface area (Å²) in [6.45, 7) is 7.68. The van der Waals surface area contributed by atoms with Gasteiger partial charge in [-0.05, 0) is 61.9 Å². The minimum Gasteiger partial charge on any atom is -0.377 e. The lowest BCUT2D eigenvalue weighted by Gasteiger charge is -2.40. The minimum absolute atomic E-state index is 0.0259. The summed E-state index contributed by atoms with van der Waals surface area (Å²) < 4.78 is 0. The third-order valence-corrected chi connectivity index (χ3v) is 7.06. The molecule has 2 N–H and O–H groups in total. The van der Waals surface area contributed by atoms with E-state index in [1.54, 1.807) is 0 Å². The lowest BCUT2D eigenvalue weighted by molar-refractivity contribution is 0.309. The molecule has 2 aliphatic rings. The quantitative estimate of drug-likeness (QED) is 0.387. The van der Waals surface area contributed by atoms with Crippen LogP contribution in [0, 0.1) is 0 Å². The van der Waals surface area contributed by atoms with Crippen LogP contribution < -0.4 is 10.6 Å². The van der Waals surface area contributed by atoms with Gasteiger partial charge in [-0.25, -0.2) is 4.99 Å². The van der Waals surface area contributed by atoms with Crippen LogP contribution in [0.1, 0.15) is 56.9 Å². The van der Waals surface area contributed by atoms with E-state index in [0.29, 0.717) is 5.92 Å². The van der Waals surface area contributed by atoms with Gasteiger partial charge in [-0.2, -0.15) is 0 Å². The molecule has 0 spiro atoms. The van der Waals surface area contributed by atoms with Gasteiger partial charge in [0.2, 0.25) is 0 Å². The molecule has 0 aliphatic heterocycles. The highest BCUT2D eigenvalue weighted by Gasteiger charge is 2.32. The Morgan fingerprint density at radius 1 is 0.971 bits per heavy atom. The SMILES string of the molecule is C=C=Nc1ccccc1NC1(CNCC(C2=CCC=C(C)C=C2)c2ccccc2)CCCCC1. The molecule has 1 atom stereocenters. The average molecular weight is 452 g/mol. The summed E-state index contributed by atoms with van der Waals surface area (Å²) in [6.07, 6.45) is 16.4. The zero-order valence-corrected chi connectivity index (χ0v) is 20.4. The van der Waals surface area contributed by atoms with Crippen LogP contribution >= 0.6 is 0 Å². The highest BCUT2D eigenvalue weighted by atomic mass is 15.1. The summed E-state index contributed by atoms with van der Waals surface area (Å²) in [5.41, 5.74) is 6.08. The van der Waals surface area contributed by atoms with E-state index in [9.17, 15) is 0 Å². The molecule has 2 aromatic carbocycles. The fourth-order valence-electron chi connectivity index (χ4n) is 5.19. The van der Waals surface area contributed by atoms with E-state index in [2.05, 4.69) is 102 Å². The molecule has 1 saturated carbocycles. The maximum Gasteiger partial charge on any atom is 0.0960 e. The van der Waals surface area contributed by atoms with E-state index in [0.717, 1.165) is 43.7 Å². The molecule has 3 nitrogen and oxygen atoms in total. The zero-order valence-electron chi connectivity index (χ0n) is 20.4. The highest BCUT2D eigenvalue weighted by Crippen LogP contribution is 2.35. The molecular formula is C31H37N3. The molecule has 176 valence electrons. The Balaban J connectivity index is 1.52. The van der Waals surface area contributed by atoms with Crippen molar-refractivity contribution in [1.29, 1.82) is 0 Å². The monoisotopic (exact) mass is 451 g/mol. The van der Waals surface area contributed by atoms with E-state index in [4.69, 9.17) is 0 Å². The largest absolute Gasteiger partial charge is 0.377 e. The average Bonchev–Trinajstić information content (AvgIpc) is 3.09. The number of hydrogen-bond acceptors (Lipinski definition) is 3. The van der Waals surface area contributed by atoms with Crippen molar-refractivity contribution in [1.82, 2.24) is 5.32 Å². The Kier molecular flexibility index (Phi) is 8.36. The molecule has 0 aromatic heterocycles. The van der Waals surface area contributed by atoms with Gasteiger partial charge < -0.3 is 10.6 Å². The number of nitrogens with zero attached hydrogens (tertiary/aromatic N) is 1. The molecule has 0 radical (unpaired) electrons. The predicted octanol–water partition coefficient (Wildman–Crippen LogP) is 7.49. The van der Waals surface area contributed by atoms with Crippen LogP contribution in [-0.4, -0.2) is 24.5 Å². The lowest BCUT2D eigenvalue weighted by atomic mass is 9.81. The van der Waals surface area contributed by atoms with Crippen molar-refractivity contribution in [3.05, 3.63) is 102 Å². The predicted molar refractivity (Wildman–Crippen MR) is 146 cm³/mol. The van der Waals surface area contributed by atoms with Crippen molar-refractivity contribution in [2.24, 2.45) is 4.99 Å². The third kappa shape index (κ3) is 6.26. The molecule has 0 heterocycles. The number of para-hydroxylation sites is 2. The summed E-state index contributed by atoms with van der Waals surface area (Å²) in [5, 5.41) is 7.78. The third-order valence-electron chi connectivity index (χ3n) is 7.06. The van der Waals surface area contributed by atoms with E-state index in [1.165, 1.54) is 36.0 Å². The Morgan fingerprint density at radius 2 is 1.74 bits per heavy atom. The first-order valence-electron chi connectivity index (χ1n) is 12.6. The Bertz CT molecular complexity index is 1080. The number of rotatable bonds is 9. The van der Waals surface area contributed by atoms with Crippen molar-refractivity contribution in [2.45, 2.75) is 56.9 Å². The van der Waals surface area contributed by atoms with Gasteiger partial charge in [0.25, 0.3) is 0 Å². The number of hydrogen-bond donors (Lipinski definition) is 2. The topological polar surface area (TPSA) is 36.4 Å². The summed E-state index contributed by atoms with van der Waals surface area (Å²) in [4.78, 5) is 4.36. The summed E-state index contributed by atoms with van der Waals surface area (Å²) in [6, 6.07) is 19.1. The maximum atomic E-state index is 4.36. The molecule has 0 amide bonds. The first-order valence-corrected chi connectivity index (χ1v) is 12.6. The molecule has 1 fully saturated rings. The van der Waals surface area contributed by atoms with Crippen molar-refractivity contribution in [3.63, 3.8) is 0 Å². The van der Waals surface area contributed by atoms with Crippen LogP contribution in [0.3, 0.4) is 0 Å². The van der Waals surface area contributed by atoms with Crippen LogP contribution in [0.2, 0.25) is 0 Å². The van der Waals surface area contributed by atoms with Gasteiger partial charge in [0, 0.05) is 24.5 Å².